The summed E-state index contributed by atoms with van der Waals surface area (Å²) in [5.74, 6) is -0.343. The minimum absolute atomic E-state index is 0.0374. The molecule has 0 aromatic heterocycles. The van der Waals surface area contributed by atoms with E-state index in [1.54, 1.807) is 0 Å². The van der Waals surface area contributed by atoms with Crippen LogP contribution < -0.4 is 10.5 Å². The predicted molar refractivity (Wildman–Crippen MR) is 65.0 cm³/mol. The van der Waals surface area contributed by atoms with Crippen LogP contribution in [0.4, 0.5) is 18.9 Å². The number of anilines is 1. The second kappa shape index (κ2) is 5.81. The molecule has 0 unspecified atom stereocenters. The molecule has 0 saturated carbocycles. The summed E-state index contributed by atoms with van der Waals surface area (Å²) in [5.41, 5.74) is 5.93. The van der Waals surface area contributed by atoms with E-state index in [0.717, 1.165) is 0 Å². The number of nitrogens with zero attached hydrogens (tertiary/aromatic N) is 1. The van der Waals surface area contributed by atoms with Crippen molar-refractivity contribution in [3.63, 3.8) is 0 Å². The molecule has 0 saturated heterocycles. The fourth-order valence-electron chi connectivity index (χ4n) is 1.59. The fourth-order valence-corrected chi connectivity index (χ4v) is 1.59. The van der Waals surface area contributed by atoms with Gasteiger partial charge in [-0.1, -0.05) is 0 Å². The van der Waals surface area contributed by atoms with Gasteiger partial charge < -0.3 is 15.4 Å². The summed E-state index contributed by atoms with van der Waals surface area (Å²) in [6.07, 6.45) is -4.43. The molecule has 1 aromatic carbocycles. The third-order valence-electron chi connectivity index (χ3n) is 2.52. The van der Waals surface area contributed by atoms with Gasteiger partial charge in [0.2, 0.25) is 0 Å². The lowest BCUT2D eigenvalue weighted by Gasteiger charge is -2.22. The van der Waals surface area contributed by atoms with E-state index >= 15 is 0 Å². The van der Waals surface area contributed by atoms with Crippen LogP contribution in [0.15, 0.2) is 18.2 Å². The van der Waals surface area contributed by atoms with E-state index in [0.29, 0.717) is 10.6 Å². The Balaban J connectivity index is 2.95. The number of nitrogen functional groups attached to an aromatic ring is 1. The fraction of sp³-hybridized carbons (Fsp3) is 0.417. The van der Waals surface area contributed by atoms with Gasteiger partial charge in [-0.2, -0.15) is 13.2 Å². The second-order valence-electron chi connectivity index (χ2n) is 3.89. The molecule has 19 heavy (non-hydrogen) atoms. The highest BCUT2D eigenvalue weighted by Crippen LogP contribution is 2.24. The van der Waals surface area contributed by atoms with Crippen molar-refractivity contribution in [2.24, 2.45) is 0 Å². The zero-order valence-electron chi connectivity index (χ0n) is 10.6. The van der Waals surface area contributed by atoms with Gasteiger partial charge in [0.1, 0.15) is 12.3 Å². The summed E-state index contributed by atoms with van der Waals surface area (Å²) in [7, 11) is 1.41. The number of ether oxygens (including phenoxy) is 1. The summed E-state index contributed by atoms with van der Waals surface area (Å²) in [4.78, 5) is 12.6. The highest BCUT2D eigenvalue weighted by atomic mass is 19.4. The summed E-state index contributed by atoms with van der Waals surface area (Å²) < 4.78 is 41.9. The Hall–Kier alpha value is -1.92. The molecule has 0 bridgehead atoms. The Morgan fingerprint density at radius 1 is 1.42 bits per heavy atom. The number of carbonyl (C=O) groups excluding carboxylic acids is 1. The molecule has 0 radical (unpaired) electrons. The predicted octanol–water partition coefficient (Wildman–Crippen LogP) is 2.30. The first-order chi connectivity index (χ1) is 8.78. The maximum atomic E-state index is 12.3. The number of alkyl halides is 3. The van der Waals surface area contributed by atoms with Gasteiger partial charge in [-0.05, 0) is 25.1 Å². The van der Waals surface area contributed by atoms with Crippen LogP contribution in [-0.2, 0) is 0 Å². The Morgan fingerprint density at radius 2 is 2.05 bits per heavy atom. The van der Waals surface area contributed by atoms with Crippen molar-refractivity contribution >= 4 is 11.6 Å². The number of nitrogens with two attached hydrogens (primary N) is 1. The molecule has 2 N–H and O–H groups in total. The third kappa shape index (κ3) is 4.04. The average molecular weight is 276 g/mol. The number of hydrogen-bond donors (Lipinski definition) is 1. The number of amides is 1. The van der Waals surface area contributed by atoms with Crippen LogP contribution in [-0.4, -0.2) is 37.2 Å². The Bertz CT molecular complexity index is 461. The molecule has 0 aliphatic heterocycles. The maximum absolute atomic E-state index is 12.3. The zero-order valence-corrected chi connectivity index (χ0v) is 10.6. The smallest absolute Gasteiger partial charge is 0.406 e. The quantitative estimate of drug-likeness (QED) is 0.858. The zero-order chi connectivity index (χ0) is 14.6. The average Bonchev–Trinajstić information content (AvgIpc) is 2.34. The van der Waals surface area contributed by atoms with Crippen molar-refractivity contribution in [2.45, 2.75) is 13.1 Å². The molecule has 106 valence electrons. The second-order valence-corrected chi connectivity index (χ2v) is 3.89. The van der Waals surface area contributed by atoms with Crippen molar-refractivity contribution in [1.29, 1.82) is 0 Å². The lowest BCUT2D eigenvalue weighted by Crippen LogP contribution is -2.38. The van der Waals surface area contributed by atoms with E-state index in [9.17, 15) is 18.0 Å². The van der Waals surface area contributed by atoms with Gasteiger partial charge in [0.25, 0.3) is 5.91 Å². The van der Waals surface area contributed by atoms with Crippen LogP contribution in [0.1, 0.15) is 17.3 Å². The molecule has 1 rings (SSSR count). The van der Waals surface area contributed by atoms with Crippen LogP contribution in [0.2, 0.25) is 0 Å². The first-order valence-corrected chi connectivity index (χ1v) is 5.58. The van der Waals surface area contributed by atoms with Crippen molar-refractivity contribution < 1.29 is 22.7 Å². The van der Waals surface area contributed by atoms with Crippen molar-refractivity contribution in [2.75, 3.05) is 25.9 Å². The first kappa shape index (κ1) is 15.1. The summed E-state index contributed by atoms with van der Waals surface area (Å²) in [5, 5.41) is 0. The Morgan fingerprint density at radius 3 is 2.47 bits per heavy atom. The summed E-state index contributed by atoms with van der Waals surface area (Å²) in [6, 6.07) is 4.14. The lowest BCUT2D eigenvalue weighted by molar-refractivity contribution is -0.140. The van der Waals surface area contributed by atoms with E-state index in [1.165, 1.54) is 32.2 Å². The molecule has 1 aromatic rings. The van der Waals surface area contributed by atoms with Crippen LogP contribution in [0.3, 0.4) is 0 Å². The highest BCUT2D eigenvalue weighted by Gasteiger charge is 2.32. The number of benzene rings is 1. The SMILES string of the molecule is CCN(CC(F)(F)F)C(=O)c1ccc(OC)c(N)c1. The van der Waals surface area contributed by atoms with Gasteiger partial charge in [0.05, 0.1) is 12.8 Å². The molecule has 4 nitrogen and oxygen atoms in total. The molecule has 0 aliphatic carbocycles. The topological polar surface area (TPSA) is 55.6 Å². The van der Waals surface area contributed by atoms with Crippen molar-refractivity contribution in [3.8, 4) is 5.75 Å². The molecule has 0 heterocycles. The number of hydrogen-bond acceptors (Lipinski definition) is 3. The molecule has 0 atom stereocenters. The van der Waals surface area contributed by atoms with Crippen LogP contribution in [0.25, 0.3) is 0 Å². The molecular formula is C12H15F3N2O2. The van der Waals surface area contributed by atoms with Gasteiger partial charge in [-0.25, -0.2) is 0 Å². The normalized spacial score (nSPS) is 11.2. The van der Waals surface area contributed by atoms with E-state index in [-0.39, 0.29) is 17.8 Å². The van der Waals surface area contributed by atoms with Gasteiger partial charge >= 0.3 is 6.18 Å². The van der Waals surface area contributed by atoms with Gasteiger partial charge in [-0.15, -0.1) is 0 Å². The van der Waals surface area contributed by atoms with E-state index in [2.05, 4.69) is 0 Å². The van der Waals surface area contributed by atoms with Gasteiger partial charge in [-0.3, -0.25) is 4.79 Å². The number of methoxy groups -OCH3 is 1. The third-order valence-corrected chi connectivity index (χ3v) is 2.52. The molecule has 0 aliphatic rings. The molecule has 1 amide bonds. The minimum atomic E-state index is -4.43. The van der Waals surface area contributed by atoms with Gasteiger partial charge in [0.15, 0.2) is 0 Å². The summed E-state index contributed by atoms with van der Waals surface area (Å²) in [6.45, 7) is 0.162. The first-order valence-electron chi connectivity index (χ1n) is 5.58. The Labute approximate surface area is 108 Å². The van der Waals surface area contributed by atoms with Crippen LogP contribution >= 0.6 is 0 Å². The van der Waals surface area contributed by atoms with Crippen LogP contribution in [0.5, 0.6) is 5.75 Å². The summed E-state index contributed by atoms with van der Waals surface area (Å²) >= 11 is 0. The highest BCUT2D eigenvalue weighted by molar-refractivity contribution is 5.95. The standard InChI is InChI=1S/C12H15F3N2O2/c1-3-17(7-12(13,14)15)11(18)8-4-5-10(19-2)9(16)6-8/h4-6H,3,7,16H2,1-2H3. The Kier molecular flexibility index (Phi) is 4.63. The maximum Gasteiger partial charge on any atom is 0.406 e. The van der Waals surface area contributed by atoms with Crippen molar-refractivity contribution in [1.82, 2.24) is 4.90 Å². The number of halogens is 3. The molecule has 0 fully saturated rings. The number of carbonyl (C=O) groups is 1. The lowest BCUT2D eigenvalue weighted by atomic mass is 10.1. The molecule has 0 spiro atoms. The monoisotopic (exact) mass is 276 g/mol. The van der Waals surface area contributed by atoms with E-state index < -0.39 is 18.6 Å². The largest absolute Gasteiger partial charge is 0.495 e. The minimum Gasteiger partial charge on any atom is -0.495 e. The van der Waals surface area contributed by atoms with Gasteiger partial charge in [0, 0.05) is 12.1 Å². The van der Waals surface area contributed by atoms with E-state index in [1.807, 2.05) is 0 Å². The van der Waals surface area contributed by atoms with Crippen LogP contribution in [0, 0.1) is 0 Å². The van der Waals surface area contributed by atoms with E-state index in [4.69, 9.17) is 10.5 Å². The van der Waals surface area contributed by atoms with Crippen molar-refractivity contribution in [3.05, 3.63) is 23.8 Å². The molecular weight excluding hydrogens is 261 g/mol. The number of rotatable bonds is 4. The molecule has 7 heteroatoms.